The summed E-state index contributed by atoms with van der Waals surface area (Å²) < 4.78 is 11.1. The van der Waals surface area contributed by atoms with E-state index in [-0.39, 0.29) is 5.78 Å². The molecule has 4 heteroatoms. The SMILES string of the molecule is CCCOc1cc(OCCC)c(C(C)=O)cc1Cl. The highest BCUT2D eigenvalue weighted by molar-refractivity contribution is 6.32. The highest BCUT2D eigenvalue weighted by Crippen LogP contribution is 2.33. The molecule has 0 aliphatic rings. The van der Waals surface area contributed by atoms with Crippen molar-refractivity contribution in [2.24, 2.45) is 0 Å². The molecule has 0 spiro atoms. The van der Waals surface area contributed by atoms with Crippen molar-refractivity contribution in [3.05, 3.63) is 22.7 Å². The maximum absolute atomic E-state index is 11.5. The van der Waals surface area contributed by atoms with Crippen LogP contribution in [0.2, 0.25) is 5.02 Å². The van der Waals surface area contributed by atoms with Gasteiger partial charge in [-0.3, -0.25) is 4.79 Å². The normalized spacial score (nSPS) is 10.2. The number of carbonyl (C=O) groups excluding carboxylic acids is 1. The van der Waals surface area contributed by atoms with Crippen LogP contribution in [0.25, 0.3) is 0 Å². The Morgan fingerprint density at radius 3 is 2.17 bits per heavy atom. The lowest BCUT2D eigenvalue weighted by atomic mass is 10.1. The first kappa shape index (κ1) is 14.8. The van der Waals surface area contributed by atoms with Gasteiger partial charge in [0.05, 0.1) is 23.8 Å². The maximum Gasteiger partial charge on any atom is 0.163 e. The fraction of sp³-hybridized carbons (Fsp3) is 0.500. The molecule has 18 heavy (non-hydrogen) atoms. The van der Waals surface area contributed by atoms with Crippen LogP contribution >= 0.6 is 11.6 Å². The predicted molar refractivity (Wildman–Crippen MR) is 73.0 cm³/mol. The number of hydrogen-bond donors (Lipinski definition) is 0. The topological polar surface area (TPSA) is 35.5 Å². The number of rotatable bonds is 7. The minimum Gasteiger partial charge on any atom is -0.493 e. The van der Waals surface area contributed by atoms with Gasteiger partial charge in [0.25, 0.3) is 0 Å². The summed E-state index contributed by atoms with van der Waals surface area (Å²) in [7, 11) is 0. The molecule has 0 bridgehead atoms. The largest absolute Gasteiger partial charge is 0.493 e. The molecule has 0 aromatic heterocycles. The van der Waals surface area contributed by atoms with Gasteiger partial charge in [0, 0.05) is 6.07 Å². The fourth-order valence-corrected chi connectivity index (χ4v) is 1.68. The summed E-state index contributed by atoms with van der Waals surface area (Å²) in [5, 5.41) is 0.442. The maximum atomic E-state index is 11.5. The minimum atomic E-state index is -0.0648. The quantitative estimate of drug-likeness (QED) is 0.699. The summed E-state index contributed by atoms with van der Waals surface area (Å²) in [6, 6.07) is 3.31. The third-order valence-electron chi connectivity index (χ3n) is 2.34. The third-order valence-corrected chi connectivity index (χ3v) is 2.63. The lowest BCUT2D eigenvalue weighted by Crippen LogP contribution is -2.04. The summed E-state index contributed by atoms with van der Waals surface area (Å²) in [5.41, 5.74) is 0.497. The molecule has 1 aromatic rings. The van der Waals surface area contributed by atoms with Crippen molar-refractivity contribution in [2.45, 2.75) is 33.6 Å². The second-order valence-electron chi connectivity index (χ2n) is 4.03. The number of hydrogen-bond acceptors (Lipinski definition) is 3. The number of halogens is 1. The van der Waals surface area contributed by atoms with Crippen LogP contribution in [0.1, 0.15) is 44.0 Å². The van der Waals surface area contributed by atoms with Gasteiger partial charge in [-0.05, 0) is 25.8 Å². The molecule has 0 saturated heterocycles. The Hall–Kier alpha value is -1.22. The molecule has 0 N–H and O–H groups in total. The van der Waals surface area contributed by atoms with E-state index in [0.29, 0.717) is 35.3 Å². The van der Waals surface area contributed by atoms with Gasteiger partial charge < -0.3 is 9.47 Å². The molecule has 100 valence electrons. The van der Waals surface area contributed by atoms with Gasteiger partial charge in [-0.1, -0.05) is 25.4 Å². The van der Waals surface area contributed by atoms with E-state index in [1.165, 1.54) is 6.92 Å². The second kappa shape index (κ2) is 7.27. The van der Waals surface area contributed by atoms with Crippen molar-refractivity contribution in [3.63, 3.8) is 0 Å². The van der Waals surface area contributed by atoms with Gasteiger partial charge in [0.2, 0.25) is 0 Å². The predicted octanol–water partition coefficient (Wildman–Crippen LogP) is 4.12. The van der Waals surface area contributed by atoms with E-state index >= 15 is 0 Å². The molecule has 1 rings (SSSR count). The van der Waals surface area contributed by atoms with Crippen LogP contribution < -0.4 is 9.47 Å². The molecule has 0 unspecified atom stereocenters. The van der Waals surface area contributed by atoms with Crippen LogP contribution in [-0.4, -0.2) is 19.0 Å². The zero-order valence-corrected chi connectivity index (χ0v) is 11.8. The Labute approximate surface area is 113 Å². The number of ether oxygens (including phenoxy) is 2. The average molecular weight is 271 g/mol. The zero-order chi connectivity index (χ0) is 13.5. The monoisotopic (exact) mass is 270 g/mol. The Morgan fingerprint density at radius 2 is 1.67 bits per heavy atom. The molecule has 0 radical (unpaired) electrons. The minimum absolute atomic E-state index is 0.0648. The van der Waals surface area contributed by atoms with Crippen molar-refractivity contribution >= 4 is 17.4 Å². The van der Waals surface area contributed by atoms with E-state index < -0.39 is 0 Å². The smallest absolute Gasteiger partial charge is 0.163 e. The highest BCUT2D eigenvalue weighted by atomic mass is 35.5. The molecule has 0 aliphatic heterocycles. The van der Waals surface area contributed by atoms with Crippen LogP contribution in [0.3, 0.4) is 0 Å². The van der Waals surface area contributed by atoms with E-state index in [1.54, 1.807) is 12.1 Å². The van der Waals surface area contributed by atoms with E-state index in [2.05, 4.69) is 0 Å². The lowest BCUT2D eigenvalue weighted by Gasteiger charge is -2.13. The summed E-state index contributed by atoms with van der Waals surface area (Å²) in [6.45, 7) is 6.68. The van der Waals surface area contributed by atoms with Gasteiger partial charge >= 0.3 is 0 Å². The van der Waals surface area contributed by atoms with Crippen LogP contribution in [0.5, 0.6) is 11.5 Å². The van der Waals surface area contributed by atoms with Crippen molar-refractivity contribution in [1.82, 2.24) is 0 Å². The molecular weight excluding hydrogens is 252 g/mol. The molecule has 0 amide bonds. The summed E-state index contributed by atoms with van der Waals surface area (Å²) in [4.78, 5) is 11.5. The second-order valence-corrected chi connectivity index (χ2v) is 4.44. The summed E-state index contributed by atoms with van der Waals surface area (Å²) in [6.07, 6.45) is 1.78. The number of carbonyl (C=O) groups is 1. The zero-order valence-electron chi connectivity index (χ0n) is 11.1. The Bertz CT molecular complexity index is 416. The van der Waals surface area contributed by atoms with Gasteiger partial charge in [0.15, 0.2) is 5.78 Å². The van der Waals surface area contributed by atoms with Crippen molar-refractivity contribution in [2.75, 3.05) is 13.2 Å². The summed E-state index contributed by atoms with van der Waals surface area (Å²) >= 11 is 6.08. The third kappa shape index (κ3) is 3.91. The molecule has 0 atom stereocenters. The molecule has 1 aromatic carbocycles. The van der Waals surface area contributed by atoms with Crippen molar-refractivity contribution < 1.29 is 14.3 Å². The number of ketones is 1. The van der Waals surface area contributed by atoms with Gasteiger partial charge in [-0.15, -0.1) is 0 Å². The van der Waals surface area contributed by atoms with E-state index in [4.69, 9.17) is 21.1 Å². The lowest BCUT2D eigenvalue weighted by molar-refractivity contribution is 0.101. The van der Waals surface area contributed by atoms with Gasteiger partial charge in [-0.2, -0.15) is 0 Å². The van der Waals surface area contributed by atoms with Crippen LogP contribution in [-0.2, 0) is 0 Å². The van der Waals surface area contributed by atoms with Gasteiger partial charge in [0.1, 0.15) is 11.5 Å². The first-order valence-corrected chi connectivity index (χ1v) is 6.58. The highest BCUT2D eigenvalue weighted by Gasteiger charge is 2.14. The van der Waals surface area contributed by atoms with Gasteiger partial charge in [-0.25, -0.2) is 0 Å². The Balaban J connectivity index is 3.05. The molecule has 0 heterocycles. The van der Waals surface area contributed by atoms with E-state index in [1.807, 2.05) is 13.8 Å². The fourth-order valence-electron chi connectivity index (χ4n) is 1.46. The standard InChI is InChI=1S/C14H19ClO3/c1-4-6-17-13-9-14(18-7-5-2)12(15)8-11(13)10(3)16/h8-9H,4-7H2,1-3H3. The first-order valence-electron chi connectivity index (χ1n) is 6.20. The Morgan fingerprint density at radius 1 is 1.11 bits per heavy atom. The van der Waals surface area contributed by atoms with Crippen molar-refractivity contribution in [1.29, 1.82) is 0 Å². The molecule has 0 saturated carbocycles. The molecular formula is C14H19ClO3. The van der Waals surface area contributed by atoms with Crippen molar-refractivity contribution in [3.8, 4) is 11.5 Å². The van der Waals surface area contributed by atoms with E-state index in [0.717, 1.165) is 12.8 Å². The van der Waals surface area contributed by atoms with Crippen LogP contribution in [0, 0.1) is 0 Å². The van der Waals surface area contributed by atoms with Crippen LogP contribution in [0.4, 0.5) is 0 Å². The molecule has 0 fully saturated rings. The number of benzene rings is 1. The molecule has 3 nitrogen and oxygen atoms in total. The van der Waals surface area contributed by atoms with Crippen LogP contribution in [0.15, 0.2) is 12.1 Å². The Kier molecular flexibility index (Phi) is 5.99. The average Bonchev–Trinajstić information content (AvgIpc) is 2.35. The molecule has 0 aliphatic carbocycles. The summed E-state index contributed by atoms with van der Waals surface area (Å²) in [5.74, 6) is 1.04. The number of Topliss-reactive ketones (excluding diaryl/α,β-unsaturated/α-hetero) is 1. The van der Waals surface area contributed by atoms with E-state index in [9.17, 15) is 4.79 Å². The first-order chi connectivity index (χ1) is 8.60.